The molecule has 0 aromatic heterocycles. The van der Waals surface area contributed by atoms with Gasteiger partial charge in [-0.25, -0.2) is 8.42 Å². The van der Waals surface area contributed by atoms with Gasteiger partial charge in [0.05, 0.1) is 15.9 Å². The summed E-state index contributed by atoms with van der Waals surface area (Å²) in [7, 11) is -3.58. The van der Waals surface area contributed by atoms with Crippen LogP contribution in [-0.2, 0) is 10.0 Å². The molecule has 1 aliphatic heterocycles. The lowest BCUT2D eigenvalue weighted by Crippen LogP contribution is -2.32. The molecule has 3 atom stereocenters. The number of nitro benzene ring substituents is 1. The van der Waals surface area contributed by atoms with Crippen molar-refractivity contribution in [2.75, 3.05) is 18.4 Å². The van der Waals surface area contributed by atoms with Crippen LogP contribution < -0.4 is 5.32 Å². The van der Waals surface area contributed by atoms with Crippen molar-refractivity contribution in [3.8, 4) is 5.75 Å². The zero-order valence-corrected chi connectivity index (χ0v) is 18.2. The van der Waals surface area contributed by atoms with Gasteiger partial charge in [-0.3, -0.25) is 10.1 Å². The van der Waals surface area contributed by atoms with E-state index < -0.39 is 14.9 Å². The van der Waals surface area contributed by atoms with Gasteiger partial charge in [0.15, 0.2) is 0 Å². The maximum atomic E-state index is 13.0. The number of nitrogens with zero attached hydrogens (tertiary/aromatic N) is 2. The van der Waals surface area contributed by atoms with Gasteiger partial charge in [-0.15, -0.1) is 0 Å². The molecule has 1 heterocycles. The number of nitro groups is 1. The highest BCUT2D eigenvalue weighted by Gasteiger charge is 2.40. The lowest BCUT2D eigenvalue weighted by Gasteiger charge is -2.38. The van der Waals surface area contributed by atoms with E-state index in [1.165, 1.54) is 22.5 Å². The molecule has 164 valence electrons. The maximum Gasteiger partial charge on any atom is 0.270 e. The third-order valence-corrected chi connectivity index (χ3v) is 8.28. The highest BCUT2D eigenvalue weighted by atomic mass is 32.2. The van der Waals surface area contributed by atoms with E-state index in [2.05, 4.69) is 11.4 Å². The second-order valence-electron chi connectivity index (χ2n) is 7.81. The van der Waals surface area contributed by atoms with Crippen molar-refractivity contribution in [3.63, 3.8) is 0 Å². The second kappa shape index (κ2) is 7.97. The predicted molar refractivity (Wildman–Crippen MR) is 118 cm³/mol. The molecule has 1 aliphatic carbocycles. The van der Waals surface area contributed by atoms with E-state index in [-0.39, 0.29) is 34.2 Å². The highest BCUT2D eigenvalue weighted by molar-refractivity contribution is 7.89. The first-order chi connectivity index (χ1) is 14.8. The van der Waals surface area contributed by atoms with Gasteiger partial charge in [-0.2, -0.15) is 4.31 Å². The van der Waals surface area contributed by atoms with E-state index in [0.717, 1.165) is 17.7 Å². The van der Waals surface area contributed by atoms with Crippen LogP contribution in [0.15, 0.2) is 53.4 Å². The van der Waals surface area contributed by atoms with Crippen LogP contribution in [0.1, 0.15) is 43.4 Å². The number of rotatable bonds is 6. The first-order valence-electron chi connectivity index (χ1n) is 10.3. The number of aromatic hydroxyl groups is 1. The monoisotopic (exact) mass is 443 g/mol. The van der Waals surface area contributed by atoms with Crippen LogP contribution in [0.25, 0.3) is 0 Å². The average Bonchev–Trinajstić information content (AvgIpc) is 3.24. The van der Waals surface area contributed by atoms with E-state index in [1.54, 1.807) is 18.2 Å². The van der Waals surface area contributed by atoms with Gasteiger partial charge in [-0.05, 0) is 42.2 Å². The summed E-state index contributed by atoms with van der Waals surface area (Å²) < 4.78 is 27.4. The third kappa shape index (κ3) is 3.57. The number of non-ortho nitro benzene ring substituents is 1. The molecule has 3 unspecified atom stereocenters. The van der Waals surface area contributed by atoms with E-state index in [1.807, 2.05) is 19.9 Å². The van der Waals surface area contributed by atoms with E-state index in [4.69, 9.17) is 0 Å². The van der Waals surface area contributed by atoms with Crippen molar-refractivity contribution in [1.29, 1.82) is 0 Å². The molecule has 2 N–H and O–H groups in total. The fourth-order valence-electron chi connectivity index (χ4n) is 4.66. The average molecular weight is 444 g/mol. The number of nitrogens with one attached hydrogen (secondary N) is 1. The maximum absolute atomic E-state index is 13.0. The minimum atomic E-state index is -3.58. The summed E-state index contributed by atoms with van der Waals surface area (Å²) in [4.78, 5) is 11.0. The Morgan fingerprint density at radius 2 is 1.90 bits per heavy atom. The Kier molecular flexibility index (Phi) is 5.49. The summed E-state index contributed by atoms with van der Waals surface area (Å²) in [5.41, 5.74) is 2.04. The van der Waals surface area contributed by atoms with Gasteiger partial charge in [0.2, 0.25) is 10.0 Å². The van der Waals surface area contributed by atoms with Crippen LogP contribution in [-0.4, -0.2) is 35.8 Å². The standard InChI is InChI=1S/C22H25N3O5S/c1-3-24(4-2)31(29,30)15-9-10-20-18(13-15)16-6-5-7-17(16)22(23-20)19-12-14(25(27)28)8-11-21(19)26/h5-6,8-13,16-17,22-23,26H,3-4,7H2,1-2H3. The molecule has 0 amide bonds. The lowest BCUT2D eigenvalue weighted by molar-refractivity contribution is -0.385. The first kappa shape index (κ1) is 21.3. The number of benzene rings is 2. The summed E-state index contributed by atoms with van der Waals surface area (Å²) in [5.74, 6) is -0.0449. The smallest absolute Gasteiger partial charge is 0.270 e. The number of hydrogen-bond acceptors (Lipinski definition) is 6. The van der Waals surface area contributed by atoms with E-state index in [0.29, 0.717) is 18.7 Å². The van der Waals surface area contributed by atoms with Gasteiger partial charge in [0.25, 0.3) is 5.69 Å². The SMILES string of the molecule is CCN(CC)S(=O)(=O)c1ccc2c(c1)C1C=CCC1C(c1cc([N+](=O)[O-])ccc1O)N2. The molecule has 2 aromatic rings. The second-order valence-corrected chi connectivity index (χ2v) is 9.75. The number of phenols is 1. The molecular weight excluding hydrogens is 418 g/mol. The van der Waals surface area contributed by atoms with Crippen LogP contribution in [0.3, 0.4) is 0 Å². The Morgan fingerprint density at radius 3 is 2.58 bits per heavy atom. The Labute approximate surface area is 181 Å². The molecule has 0 fully saturated rings. The molecule has 0 radical (unpaired) electrons. The van der Waals surface area contributed by atoms with Crippen molar-refractivity contribution in [1.82, 2.24) is 4.31 Å². The van der Waals surface area contributed by atoms with Crippen molar-refractivity contribution >= 4 is 21.4 Å². The Hall–Kier alpha value is -2.91. The number of hydrogen-bond donors (Lipinski definition) is 2. The Morgan fingerprint density at radius 1 is 1.16 bits per heavy atom. The summed E-state index contributed by atoms with van der Waals surface area (Å²) in [5, 5.41) is 25.1. The van der Waals surface area contributed by atoms with Crippen LogP contribution >= 0.6 is 0 Å². The molecule has 0 saturated carbocycles. The van der Waals surface area contributed by atoms with E-state index >= 15 is 0 Å². The zero-order chi connectivity index (χ0) is 22.3. The van der Waals surface area contributed by atoms with Gasteiger partial charge in [0.1, 0.15) is 5.75 Å². The minimum Gasteiger partial charge on any atom is -0.508 e. The summed E-state index contributed by atoms with van der Waals surface area (Å²) in [6.45, 7) is 4.42. The van der Waals surface area contributed by atoms with Crippen molar-refractivity contribution in [2.45, 2.75) is 37.1 Å². The minimum absolute atomic E-state index is 0.00192. The molecule has 0 saturated heterocycles. The summed E-state index contributed by atoms with van der Waals surface area (Å²) >= 11 is 0. The van der Waals surface area contributed by atoms with Gasteiger partial charge in [0, 0.05) is 42.4 Å². The number of fused-ring (bicyclic) bond motifs is 3. The van der Waals surface area contributed by atoms with Crippen LogP contribution in [0, 0.1) is 16.0 Å². The largest absolute Gasteiger partial charge is 0.508 e. The molecule has 8 nitrogen and oxygen atoms in total. The molecule has 2 aromatic carbocycles. The van der Waals surface area contributed by atoms with Crippen molar-refractivity contribution < 1.29 is 18.4 Å². The topological polar surface area (TPSA) is 113 Å². The van der Waals surface area contributed by atoms with E-state index in [9.17, 15) is 23.6 Å². The molecule has 0 spiro atoms. The predicted octanol–water partition coefficient (Wildman–Crippen LogP) is 4.16. The molecule has 4 rings (SSSR count). The molecular formula is C22H25N3O5S. The summed E-state index contributed by atoms with van der Waals surface area (Å²) in [6, 6.07) is 8.77. The Bertz CT molecular complexity index is 1160. The fourth-order valence-corrected chi connectivity index (χ4v) is 6.15. The van der Waals surface area contributed by atoms with Gasteiger partial charge >= 0.3 is 0 Å². The van der Waals surface area contributed by atoms with Crippen LogP contribution in [0.4, 0.5) is 11.4 Å². The fraction of sp³-hybridized carbons (Fsp3) is 0.364. The molecule has 9 heteroatoms. The molecule has 2 aliphatic rings. The lowest BCUT2D eigenvalue weighted by atomic mass is 9.77. The highest BCUT2D eigenvalue weighted by Crippen LogP contribution is 2.51. The van der Waals surface area contributed by atoms with Gasteiger partial charge in [-0.1, -0.05) is 26.0 Å². The Balaban J connectivity index is 1.77. The quantitative estimate of drug-likeness (QED) is 0.394. The van der Waals surface area contributed by atoms with Crippen LogP contribution in [0.2, 0.25) is 0 Å². The molecule has 0 bridgehead atoms. The van der Waals surface area contributed by atoms with Crippen LogP contribution in [0.5, 0.6) is 5.75 Å². The first-order valence-corrected chi connectivity index (χ1v) is 11.8. The normalized spacial score (nSPS) is 22.1. The van der Waals surface area contributed by atoms with Crippen molar-refractivity contribution in [2.24, 2.45) is 5.92 Å². The number of anilines is 1. The molecule has 31 heavy (non-hydrogen) atoms. The third-order valence-electron chi connectivity index (χ3n) is 6.23. The number of allylic oxidation sites excluding steroid dienone is 2. The van der Waals surface area contributed by atoms with Crippen molar-refractivity contribution in [3.05, 3.63) is 69.8 Å². The van der Waals surface area contributed by atoms with Gasteiger partial charge < -0.3 is 10.4 Å². The number of sulfonamides is 1. The summed E-state index contributed by atoms with van der Waals surface area (Å²) in [6.07, 6.45) is 4.82. The zero-order valence-electron chi connectivity index (χ0n) is 17.4. The number of phenolic OH excluding ortho intramolecular Hbond substituents is 1.